The normalized spacial score (nSPS) is 23.4. The van der Waals surface area contributed by atoms with Crippen LogP contribution in [0.2, 0.25) is 0 Å². The Bertz CT molecular complexity index is 370. The quantitative estimate of drug-likeness (QED) is 0.866. The van der Waals surface area contributed by atoms with Gasteiger partial charge in [-0.25, -0.2) is 0 Å². The highest BCUT2D eigenvalue weighted by molar-refractivity contribution is 5.32. The molecule has 2 unspecified atom stereocenters. The molecule has 0 aromatic carbocycles. The number of pyridine rings is 1. The molecule has 1 fully saturated rings. The van der Waals surface area contributed by atoms with E-state index < -0.39 is 6.10 Å². The average Bonchev–Trinajstić information content (AvgIpc) is 2.38. The summed E-state index contributed by atoms with van der Waals surface area (Å²) in [6.07, 6.45) is 6.27. The maximum atomic E-state index is 10.5. The van der Waals surface area contributed by atoms with Crippen molar-refractivity contribution < 1.29 is 9.84 Å². The van der Waals surface area contributed by atoms with E-state index in [1.165, 1.54) is 12.8 Å². The van der Waals surface area contributed by atoms with Gasteiger partial charge >= 0.3 is 0 Å². The molecule has 0 bridgehead atoms. The Hall–Kier alpha value is -1.13. The molecule has 4 nitrogen and oxygen atoms in total. The molecule has 0 aliphatic carbocycles. The van der Waals surface area contributed by atoms with Crippen LogP contribution in [0.5, 0.6) is 5.75 Å². The summed E-state index contributed by atoms with van der Waals surface area (Å²) in [5.41, 5.74) is 0.786. The first-order chi connectivity index (χ1) is 8.24. The summed E-state index contributed by atoms with van der Waals surface area (Å²) in [6, 6.07) is 1.96. The molecular weight excluding hydrogens is 216 g/mol. The first-order valence-corrected chi connectivity index (χ1v) is 6.10. The van der Waals surface area contributed by atoms with Gasteiger partial charge in [0.2, 0.25) is 0 Å². The minimum atomic E-state index is -0.524. The largest absolute Gasteiger partial charge is 0.496 e. The smallest absolute Gasteiger partial charge is 0.127 e. The van der Waals surface area contributed by atoms with Gasteiger partial charge < -0.3 is 14.7 Å². The predicted molar refractivity (Wildman–Crippen MR) is 66.0 cm³/mol. The molecule has 94 valence electrons. The number of ether oxygens (including phenoxy) is 1. The highest BCUT2D eigenvalue weighted by Gasteiger charge is 2.29. The van der Waals surface area contributed by atoms with Gasteiger partial charge in [-0.05, 0) is 32.5 Å². The summed E-state index contributed by atoms with van der Waals surface area (Å²) in [5.74, 6) is 0.714. The van der Waals surface area contributed by atoms with Crippen LogP contribution < -0.4 is 4.74 Å². The van der Waals surface area contributed by atoms with Gasteiger partial charge in [-0.1, -0.05) is 6.42 Å². The van der Waals surface area contributed by atoms with Crippen LogP contribution in [0, 0.1) is 0 Å². The third-order valence-electron chi connectivity index (χ3n) is 3.54. The topological polar surface area (TPSA) is 45.6 Å². The van der Waals surface area contributed by atoms with Crippen LogP contribution in [0.3, 0.4) is 0 Å². The number of likely N-dealkylation sites (N-methyl/N-ethyl adjacent to an activating group) is 1. The molecule has 1 N–H and O–H groups in total. The lowest BCUT2D eigenvalue weighted by molar-refractivity contribution is 0.0386. The maximum absolute atomic E-state index is 10.5. The molecule has 0 radical (unpaired) electrons. The summed E-state index contributed by atoms with van der Waals surface area (Å²) in [4.78, 5) is 6.30. The van der Waals surface area contributed by atoms with Crippen molar-refractivity contribution in [1.29, 1.82) is 0 Å². The second-order valence-corrected chi connectivity index (χ2v) is 4.61. The molecule has 1 aromatic rings. The number of aliphatic hydroxyl groups excluding tert-OH is 1. The van der Waals surface area contributed by atoms with E-state index in [4.69, 9.17) is 4.74 Å². The average molecular weight is 236 g/mol. The van der Waals surface area contributed by atoms with Crippen molar-refractivity contribution >= 4 is 0 Å². The van der Waals surface area contributed by atoms with Crippen LogP contribution >= 0.6 is 0 Å². The summed E-state index contributed by atoms with van der Waals surface area (Å²) < 4.78 is 5.27. The second kappa shape index (κ2) is 5.47. The van der Waals surface area contributed by atoms with Crippen molar-refractivity contribution in [2.24, 2.45) is 0 Å². The van der Waals surface area contributed by atoms with Crippen molar-refractivity contribution in [3.8, 4) is 5.75 Å². The fourth-order valence-electron chi connectivity index (χ4n) is 2.51. The molecule has 2 atom stereocenters. The van der Waals surface area contributed by atoms with Gasteiger partial charge in [0, 0.05) is 24.0 Å². The molecule has 17 heavy (non-hydrogen) atoms. The van der Waals surface area contributed by atoms with Gasteiger partial charge in [0.1, 0.15) is 5.75 Å². The fourth-order valence-corrected chi connectivity index (χ4v) is 2.51. The summed E-state index contributed by atoms with van der Waals surface area (Å²) in [5, 5.41) is 10.5. The molecule has 1 saturated heterocycles. The van der Waals surface area contributed by atoms with Gasteiger partial charge in [0.15, 0.2) is 0 Å². The third kappa shape index (κ3) is 2.58. The van der Waals surface area contributed by atoms with E-state index in [9.17, 15) is 5.11 Å². The molecule has 0 saturated carbocycles. The van der Waals surface area contributed by atoms with Crippen molar-refractivity contribution in [3.63, 3.8) is 0 Å². The molecule has 0 spiro atoms. The number of piperidine rings is 1. The van der Waals surface area contributed by atoms with Crippen LogP contribution in [0.25, 0.3) is 0 Å². The Morgan fingerprint density at radius 3 is 3.06 bits per heavy atom. The van der Waals surface area contributed by atoms with Crippen molar-refractivity contribution in [3.05, 3.63) is 24.0 Å². The second-order valence-electron chi connectivity index (χ2n) is 4.61. The van der Waals surface area contributed by atoms with E-state index in [0.717, 1.165) is 18.5 Å². The number of rotatable bonds is 3. The lowest BCUT2D eigenvalue weighted by Gasteiger charge is -2.36. The highest BCUT2D eigenvalue weighted by atomic mass is 16.5. The first-order valence-electron chi connectivity index (χ1n) is 6.10. The van der Waals surface area contributed by atoms with Crippen LogP contribution in [0.15, 0.2) is 18.5 Å². The van der Waals surface area contributed by atoms with E-state index in [1.807, 2.05) is 0 Å². The summed E-state index contributed by atoms with van der Waals surface area (Å²) in [6.45, 7) is 1.05. The van der Waals surface area contributed by atoms with Crippen molar-refractivity contribution in [2.45, 2.75) is 31.4 Å². The number of methoxy groups -OCH3 is 1. The first kappa shape index (κ1) is 12.3. The molecule has 1 aliphatic rings. The Morgan fingerprint density at radius 2 is 2.35 bits per heavy atom. The van der Waals surface area contributed by atoms with Gasteiger partial charge in [0.25, 0.3) is 0 Å². The number of nitrogens with zero attached hydrogens (tertiary/aromatic N) is 2. The van der Waals surface area contributed by atoms with Crippen LogP contribution in [-0.2, 0) is 0 Å². The maximum Gasteiger partial charge on any atom is 0.127 e. The number of likely N-dealkylation sites (tertiary alicyclic amines) is 1. The Labute approximate surface area is 102 Å². The molecule has 2 heterocycles. The molecule has 4 heteroatoms. The zero-order valence-electron chi connectivity index (χ0n) is 10.5. The molecule has 1 aromatic heterocycles. The van der Waals surface area contributed by atoms with Gasteiger partial charge in [0.05, 0.1) is 13.2 Å². The van der Waals surface area contributed by atoms with Crippen LogP contribution in [-0.4, -0.2) is 41.7 Å². The Kier molecular flexibility index (Phi) is 3.97. The zero-order valence-corrected chi connectivity index (χ0v) is 10.5. The monoisotopic (exact) mass is 236 g/mol. The van der Waals surface area contributed by atoms with E-state index in [-0.39, 0.29) is 6.04 Å². The summed E-state index contributed by atoms with van der Waals surface area (Å²) >= 11 is 0. The summed E-state index contributed by atoms with van der Waals surface area (Å²) in [7, 11) is 3.69. The molecule has 1 aliphatic heterocycles. The number of aromatic nitrogens is 1. The van der Waals surface area contributed by atoms with Crippen molar-refractivity contribution in [2.75, 3.05) is 20.7 Å². The highest BCUT2D eigenvalue weighted by Crippen LogP contribution is 2.31. The van der Waals surface area contributed by atoms with Crippen LogP contribution in [0.1, 0.15) is 30.9 Å². The minimum absolute atomic E-state index is 0.168. The number of hydrogen-bond donors (Lipinski definition) is 1. The van der Waals surface area contributed by atoms with Crippen LogP contribution in [0.4, 0.5) is 0 Å². The zero-order chi connectivity index (χ0) is 12.3. The van der Waals surface area contributed by atoms with E-state index in [1.54, 1.807) is 25.6 Å². The van der Waals surface area contributed by atoms with E-state index in [0.29, 0.717) is 5.75 Å². The Balaban J connectivity index is 2.20. The Morgan fingerprint density at radius 1 is 1.53 bits per heavy atom. The van der Waals surface area contributed by atoms with E-state index >= 15 is 0 Å². The third-order valence-corrected chi connectivity index (χ3v) is 3.54. The lowest BCUT2D eigenvalue weighted by atomic mass is 9.94. The number of hydrogen-bond acceptors (Lipinski definition) is 4. The molecule has 2 rings (SSSR count). The van der Waals surface area contributed by atoms with Gasteiger partial charge in [-0.15, -0.1) is 0 Å². The standard InChI is InChI=1S/C13H20N2O2/c1-15-8-4-3-5-11(15)13(16)10-9-14-7-6-12(10)17-2/h6-7,9,11,13,16H,3-5,8H2,1-2H3. The lowest BCUT2D eigenvalue weighted by Crippen LogP contribution is -2.40. The predicted octanol–water partition coefficient (Wildman–Crippen LogP) is 1.61. The van der Waals surface area contributed by atoms with Gasteiger partial charge in [-0.3, -0.25) is 4.98 Å². The van der Waals surface area contributed by atoms with Crippen molar-refractivity contribution in [1.82, 2.24) is 9.88 Å². The molecule has 0 amide bonds. The SMILES string of the molecule is COc1ccncc1C(O)C1CCCCN1C. The fraction of sp³-hybridized carbons (Fsp3) is 0.615. The minimum Gasteiger partial charge on any atom is -0.496 e. The number of aliphatic hydroxyl groups is 1. The van der Waals surface area contributed by atoms with Gasteiger partial charge in [-0.2, -0.15) is 0 Å². The molecular formula is C13H20N2O2. The van der Waals surface area contributed by atoms with E-state index in [2.05, 4.69) is 16.9 Å².